The summed E-state index contributed by atoms with van der Waals surface area (Å²) in [5.41, 5.74) is 0.735. The number of nitrogens with one attached hydrogen (secondary N) is 1. The maximum absolute atomic E-state index is 13.2. The van der Waals surface area contributed by atoms with Crippen LogP contribution in [0, 0.1) is 52.3 Å². The van der Waals surface area contributed by atoms with Crippen molar-refractivity contribution in [3.05, 3.63) is 0 Å². The smallest absolute Gasteiger partial charge is 0.232 e. The number of hydrogen-bond donors (Lipinski definition) is 1. The van der Waals surface area contributed by atoms with Crippen molar-refractivity contribution >= 4 is 11.8 Å². The number of carbonyl (C=O) groups excluding carboxylic acids is 2. The van der Waals surface area contributed by atoms with Crippen molar-refractivity contribution in [2.75, 3.05) is 32.8 Å². The van der Waals surface area contributed by atoms with Crippen LogP contribution >= 0.6 is 0 Å². The lowest BCUT2D eigenvalue weighted by Gasteiger charge is -2.61. The van der Waals surface area contributed by atoms with Crippen LogP contribution in [-0.4, -0.2) is 78.4 Å². The van der Waals surface area contributed by atoms with Crippen LogP contribution in [0.2, 0.25) is 0 Å². The number of ether oxygens (including phenoxy) is 2. The first-order valence-electron chi connectivity index (χ1n) is 20.2. The van der Waals surface area contributed by atoms with Crippen LogP contribution in [0.25, 0.3) is 0 Å². The number of hydrogen-bond acceptors (Lipinski definition) is 5. The number of fused-ring (bicyclic) bond motifs is 7. The molecule has 2 amide bonds. The van der Waals surface area contributed by atoms with E-state index in [2.05, 4.69) is 37.9 Å². The van der Waals surface area contributed by atoms with E-state index in [-0.39, 0.29) is 30.1 Å². The number of amides is 2. The van der Waals surface area contributed by atoms with Crippen LogP contribution in [0.3, 0.4) is 0 Å². The van der Waals surface area contributed by atoms with Crippen LogP contribution in [0.15, 0.2) is 0 Å². The molecule has 12 atom stereocenters. The Morgan fingerprint density at radius 3 is 2.32 bits per heavy atom. The van der Waals surface area contributed by atoms with Crippen molar-refractivity contribution in [1.29, 1.82) is 0 Å². The maximum Gasteiger partial charge on any atom is 0.232 e. The van der Waals surface area contributed by atoms with Gasteiger partial charge in [0, 0.05) is 37.5 Å². The van der Waals surface area contributed by atoms with Gasteiger partial charge in [0.25, 0.3) is 0 Å². The molecule has 0 unspecified atom stereocenters. The van der Waals surface area contributed by atoms with Crippen molar-refractivity contribution in [3.63, 3.8) is 0 Å². The Bertz CT molecular complexity index is 1170. The third kappa shape index (κ3) is 5.63. The first-order chi connectivity index (χ1) is 22.6. The molecule has 0 aromatic carbocycles. The van der Waals surface area contributed by atoms with Gasteiger partial charge in [0.1, 0.15) is 6.42 Å². The Hall–Kier alpha value is -1.18. The summed E-state index contributed by atoms with van der Waals surface area (Å²) >= 11 is 0. The van der Waals surface area contributed by atoms with Gasteiger partial charge in [0.05, 0.1) is 12.7 Å². The summed E-state index contributed by atoms with van der Waals surface area (Å²) < 4.78 is 13.5. The van der Waals surface area contributed by atoms with Gasteiger partial charge in [-0.3, -0.25) is 9.59 Å². The average molecular weight is 652 g/mol. The molecule has 47 heavy (non-hydrogen) atoms. The molecular formula is C40H65N3O4. The van der Waals surface area contributed by atoms with Gasteiger partial charge in [0.2, 0.25) is 11.8 Å². The van der Waals surface area contributed by atoms with Crippen LogP contribution in [-0.2, 0) is 19.1 Å². The molecule has 4 aliphatic carbocycles. The second kappa shape index (κ2) is 12.5. The lowest BCUT2D eigenvalue weighted by Crippen LogP contribution is -2.56. The molecule has 7 nitrogen and oxygen atoms in total. The minimum atomic E-state index is -0.326. The van der Waals surface area contributed by atoms with Crippen LogP contribution < -0.4 is 5.32 Å². The van der Waals surface area contributed by atoms with Crippen LogP contribution in [0.5, 0.6) is 0 Å². The van der Waals surface area contributed by atoms with E-state index in [0.717, 1.165) is 69.6 Å². The summed E-state index contributed by atoms with van der Waals surface area (Å²) in [4.78, 5) is 30.9. The minimum absolute atomic E-state index is 0.0198. The van der Waals surface area contributed by atoms with E-state index in [4.69, 9.17) is 9.47 Å². The highest BCUT2D eigenvalue weighted by Crippen LogP contribution is 2.71. The van der Waals surface area contributed by atoms with Gasteiger partial charge in [-0.05, 0) is 143 Å². The first kappa shape index (κ1) is 33.0. The van der Waals surface area contributed by atoms with Gasteiger partial charge in [-0.1, -0.05) is 34.1 Å². The van der Waals surface area contributed by atoms with Gasteiger partial charge in [-0.25, -0.2) is 0 Å². The summed E-state index contributed by atoms with van der Waals surface area (Å²) in [7, 11) is 0. The van der Waals surface area contributed by atoms with E-state index in [1.165, 1.54) is 77.3 Å². The fraction of sp³-hybridized carbons (Fsp3) is 0.950. The van der Waals surface area contributed by atoms with E-state index in [9.17, 15) is 9.59 Å². The zero-order valence-corrected chi connectivity index (χ0v) is 30.2. The first-order valence-corrected chi connectivity index (χ1v) is 20.2. The molecule has 0 bridgehead atoms. The van der Waals surface area contributed by atoms with E-state index in [1.807, 2.05) is 4.90 Å². The molecule has 1 spiro atoms. The molecule has 4 heterocycles. The monoisotopic (exact) mass is 651 g/mol. The van der Waals surface area contributed by atoms with E-state index in [0.29, 0.717) is 46.6 Å². The van der Waals surface area contributed by atoms with Gasteiger partial charge in [0.15, 0.2) is 5.79 Å². The highest BCUT2D eigenvalue weighted by atomic mass is 16.7. The van der Waals surface area contributed by atoms with Crippen molar-refractivity contribution in [1.82, 2.24) is 15.1 Å². The second-order valence-corrected chi connectivity index (χ2v) is 18.6. The van der Waals surface area contributed by atoms with Gasteiger partial charge in [-0.2, -0.15) is 0 Å². The second-order valence-electron chi connectivity index (χ2n) is 18.6. The summed E-state index contributed by atoms with van der Waals surface area (Å²) in [6, 6.07) is 0.841. The molecular weight excluding hydrogens is 586 g/mol. The van der Waals surface area contributed by atoms with Gasteiger partial charge >= 0.3 is 0 Å². The highest BCUT2D eigenvalue weighted by molar-refractivity contribution is 5.97. The molecule has 8 rings (SSSR count). The predicted molar refractivity (Wildman–Crippen MR) is 183 cm³/mol. The largest absolute Gasteiger partial charge is 0.353 e. The zero-order chi connectivity index (χ0) is 32.6. The van der Waals surface area contributed by atoms with Gasteiger partial charge < -0.3 is 24.6 Å². The molecule has 4 aliphatic heterocycles. The number of piperidine rings is 2. The molecule has 4 saturated heterocycles. The van der Waals surface area contributed by atoms with Gasteiger partial charge in [-0.15, -0.1) is 0 Å². The quantitative estimate of drug-likeness (QED) is 0.339. The zero-order valence-electron chi connectivity index (χ0n) is 30.2. The van der Waals surface area contributed by atoms with Crippen LogP contribution in [0.4, 0.5) is 0 Å². The Morgan fingerprint density at radius 2 is 1.57 bits per heavy atom. The number of carbonyl (C=O) groups is 2. The highest BCUT2D eigenvalue weighted by Gasteiger charge is 2.69. The molecule has 1 N–H and O–H groups in total. The topological polar surface area (TPSA) is 71.1 Å². The molecule has 8 fully saturated rings. The fourth-order valence-corrected chi connectivity index (χ4v) is 13.7. The molecule has 264 valence electrons. The average Bonchev–Trinajstić information content (AvgIpc) is 3.52. The fourth-order valence-electron chi connectivity index (χ4n) is 13.7. The predicted octanol–water partition coefficient (Wildman–Crippen LogP) is 6.78. The Labute approximate surface area is 285 Å². The van der Waals surface area contributed by atoms with E-state index in [1.54, 1.807) is 0 Å². The summed E-state index contributed by atoms with van der Waals surface area (Å²) in [6.45, 7) is 14.9. The third-order valence-electron chi connectivity index (χ3n) is 16.3. The summed E-state index contributed by atoms with van der Waals surface area (Å²) in [5, 5.41) is 3.35. The van der Waals surface area contributed by atoms with E-state index >= 15 is 0 Å². The standard InChI is InChI=1S/C40H65N3O4/c1-26-10-17-40(46-25-26)27(2)37-34(47-40)23-33-31-9-8-28-22-29(11-15-38(28,3)32(31)12-16-39(33,37)4)41-35(44)24-36(45)43-20-13-30(14-21-43)42-18-6-5-7-19-42/h26-34,37H,5-25H2,1-4H3,(H,41,44)/t26-,27+,28-,29-,31-,32+,33+,34+,37+,38+,39+,40-/m1/s1. The van der Waals surface area contributed by atoms with E-state index < -0.39 is 0 Å². The molecule has 4 saturated carbocycles. The molecule has 0 aromatic rings. The number of nitrogens with zero attached hydrogens (tertiary/aromatic N) is 2. The Balaban J connectivity index is 0.841. The molecule has 0 radical (unpaired) electrons. The molecule has 8 aliphatic rings. The SMILES string of the molecule is C[C@@H]1CC[C@@]2(OC1)O[C@H]1C[C@H]3[C@@H]4CC[C@@H]5C[C@H](NC(=O)CC(=O)N6CCC(N7CCCCC7)CC6)CC[C@]5(C)[C@H]4CC[C@]3(C)[C@H]1[C@@H]2C. The minimum Gasteiger partial charge on any atom is -0.353 e. The van der Waals surface area contributed by atoms with Crippen molar-refractivity contribution in [3.8, 4) is 0 Å². The summed E-state index contributed by atoms with van der Waals surface area (Å²) in [6.07, 6.45) is 18.7. The lowest BCUT2D eigenvalue weighted by atomic mass is 9.44. The summed E-state index contributed by atoms with van der Waals surface area (Å²) in [5.74, 6) is 4.45. The van der Waals surface area contributed by atoms with Crippen LogP contribution in [0.1, 0.15) is 130 Å². The number of likely N-dealkylation sites (tertiary alicyclic amines) is 2. The lowest BCUT2D eigenvalue weighted by molar-refractivity contribution is -0.273. The third-order valence-corrected chi connectivity index (χ3v) is 16.3. The van der Waals surface area contributed by atoms with Crippen molar-refractivity contribution in [2.24, 2.45) is 52.3 Å². The Kier molecular flexibility index (Phi) is 8.81. The normalized spacial score (nSPS) is 48.8. The molecule has 7 heteroatoms. The van der Waals surface area contributed by atoms with Crippen molar-refractivity contribution < 1.29 is 19.1 Å². The molecule has 0 aromatic heterocycles. The number of rotatable bonds is 4. The van der Waals surface area contributed by atoms with Crippen molar-refractivity contribution in [2.45, 2.75) is 154 Å². The maximum atomic E-state index is 13.2. The Morgan fingerprint density at radius 1 is 0.809 bits per heavy atom.